The van der Waals surface area contributed by atoms with Crippen molar-refractivity contribution in [2.24, 2.45) is 5.92 Å². The number of carbonyl (C=O) groups excluding carboxylic acids is 2. The molecule has 0 bridgehead atoms. The number of anilines is 1. The van der Waals surface area contributed by atoms with Crippen LogP contribution >= 0.6 is 0 Å². The molecule has 2 rings (SSSR count). The maximum atomic E-state index is 12.3. The van der Waals surface area contributed by atoms with Gasteiger partial charge in [-0.15, -0.1) is 0 Å². The number of hydrogen-bond donors (Lipinski definition) is 2. The number of rotatable bonds is 7. The molecule has 0 aromatic carbocycles. The molecular formula is C17H26N6O2. The summed E-state index contributed by atoms with van der Waals surface area (Å²) < 4.78 is 3.26. The summed E-state index contributed by atoms with van der Waals surface area (Å²) >= 11 is 0. The van der Waals surface area contributed by atoms with Crippen LogP contribution < -0.4 is 10.6 Å². The SMILES string of the molecule is CCn1cc(NC(=O)Cn2nc(C)cc2C)c(C(=O)NCC(C)C)n1. The van der Waals surface area contributed by atoms with Gasteiger partial charge in [-0.25, -0.2) is 0 Å². The van der Waals surface area contributed by atoms with Crippen LogP contribution in [0, 0.1) is 19.8 Å². The molecule has 136 valence electrons. The maximum Gasteiger partial charge on any atom is 0.273 e. The number of amides is 2. The molecule has 0 unspecified atom stereocenters. The highest BCUT2D eigenvalue weighted by Crippen LogP contribution is 2.14. The van der Waals surface area contributed by atoms with Crippen molar-refractivity contribution in [1.29, 1.82) is 0 Å². The highest BCUT2D eigenvalue weighted by atomic mass is 16.2. The summed E-state index contributed by atoms with van der Waals surface area (Å²) in [6, 6.07) is 1.91. The van der Waals surface area contributed by atoms with Gasteiger partial charge in [0.25, 0.3) is 5.91 Å². The zero-order chi connectivity index (χ0) is 18.6. The van der Waals surface area contributed by atoms with Gasteiger partial charge in [-0.2, -0.15) is 10.2 Å². The molecule has 2 amide bonds. The Morgan fingerprint density at radius 1 is 1.24 bits per heavy atom. The molecule has 0 radical (unpaired) electrons. The lowest BCUT2D eigenvalue weighted by atomic mass is 10.2. The minimum Gasteiger partial charge on any atom is -0.350 e. The third-order valence-corrected chi connectivity index (χ3v) is 3.64. The molecule has 0 aliphatic heterocycles. The maximum absolute atomic E-state index is 12.3. The molecule has 0 fully saturated rings. The summed E-state index contributed by atoms with van der Waals surface area (Å²) in [4.78, 5) is 24.7. The summed E-state index contributed by atoms with van der Waals surface area (Å²) in [6.07, 6.45) is 1.67. The molecule has 2 aromatic heterocycles. The molecule has 0 aliphatic rings. The fourth-order valence-electron chi connectivity index (χ4n) is 2.38. The van der Waals surface area contributed by atoms with E-state index in [4.69, 9.17) is 0 Å². The molecule has 25 heavy (non-hydrogen) atoms. The Balaban J connectivity index is 2.12. The standard InChI is InChI=1S/C17H26N6O2/c1-6-22-9-14(16(21-22)17(25)18-8-11(2)3)19-15(24)10-23-13(5)7-12(4)20-23/h7,9,11H,6,8,10H2,1-5H3,(H,18,25)(H,19,24). The van der Waals surface area contributed by atoms with Gasteiger partial charge >= 0.3 is 0 Å². The van der Waals surface area contributed by atoms with Crippen molar-refractivity contribution in [3.05, 3.63) is 29.3 Å². The molecule has 2 N–H and O–H groups in total. The van der Waals surface area contributed by atoms with Crippen molar-refractivity contribution in [2.75, 3.05) is 11.9 Å². The molecule has 0 aliphatic carbocycles. The minimum atomic E-state index is -0.290. The third kappa shape index (κ3) is 4.91. The van der Waals surface area contributed by atoms with E-state index in [0.717, 1.165) is 11.4 Å². The lowest BCUT2D eigenvalue weighted by Gasteiger charge is -2.08. The number of nitrogens with one attached hydrogen (secondary N) is 2. The van der Waals surface area contributed by atoms with Gasteiger partial charge in [0.1, 0.15) is 6.54 Å². The summed E-state index contributed by atoms with van der Waals surface area (Å²) in [5.41, 5.74) is 2.41. The van der Waals surface area contributed by atoms with Crippen LogP contribution in [0.3, 0.4) is 0 Å². The van der Waals surface area contributed by atoms with Crippen LogP contribution in [0.4, 0.5) is 5.69 Å². The largest absolute Gasteiger partial charge is 0.350 e. The van der Waals surface area contributed by atoms with Crippen LogP contribution in [0.25, 0.3) is 0 Å². The Bertz CT molecular complexity index is 759. The average molecular weight is 346 g/mol. The molecular weight excluding hydrogens is 320 g/mol. The Labute approximate surface area is 147 Å². The van der Waals surface area contributed by atoms with Crippen LogP contribution in [-0.2, 0) is 17.9 Å². The van der Waals surface area contributed by atoms with E-state index in [2.05, 4.69) is 20.8 Å². The van der Waals surface area contributed by atoms with Gasteiger partial charge in [0.05, 0.1) is 11.4 Å². The van der Waals surface area contributed by atoms with E-state index < -0.39 is 0 Å². The van der Waals surface area contributed by atoms with Gasteiger partial charge in [-0.1, -0.05) is 13.8 Å². The molecule has 0 saturated heterocycles. The van der Waals surface area contributed by atoms with Crippen molar-refractivity contribution in [1.82, 2.24) is 24.9 Å². The molecule has 0 saturated carbocycles. The lowest BCUT2D eigenvalue weighted by Crippen LogP contribution is -2.29. The molecule has 0 atom stereocenters. The second kappa shape index (κ2) is 7.96. The van der Waals surface area contributed by atoms with E-state index in [0.29, 0.717) is 24.7 Å². The topological polar surface area (TPSA) is 93.8 Å². The van der Waals surface area contributed by atoms with Crippen molar-refractivity contribution in [3.8, 4) is 0 Å². The van der Waals surface area contributed by atoms with Crippen LogP contribution in [0.2, 0.25) is 0 Å². The van der Waals surface area contributed by atoms with E-state index in [9.17, 15) is 9.59 Å². The molecule has 8 nitrogen and oxygen atoms in total. The second-order valence-corrected chi connectivity index (χ2v) is 6.48. The number of aryl methyl sites for hydroxylation is 3. The minimum absolute atomic E-state index is 0.0873. The molecule has 2 heterocycles. The van der Waals surface area contributed by atoms with Crippen LogP contribution in [-0.4, -0.2) is 37.9 Å². The Hall–Kier alpha value is -2.64. The van der Waals surface area contributed by atoms with Crippen molar-refractivity contribution < 1.29 is 9.59 Å². The summed E-state index contributed by atoms with van der Waals surface area (Å²) in [6.45, 7) is 11.0. The van der Waals surface area contributed by atoms with E-state index in [1.165, 1.54) is 0 Å². The van der Waals surface area contributed by atoms with Gasteiger partial charge in [-0.3, -0.25) is 19.0 Å². The normalized spacial score (nSPS) is 11.0. The predicted octanol–water partition coefficient (Wildman–Crippen LogP) is 1.74. The van der Waals surface area contributed by atoms with Gasteiger partial charge < -0.3 is 10.6 Å². The van der Waals surface area contributed by atoms with Gasteiger partial charge in [0.2, 0.25) is 5.91 Å². The smallest absolute Gasteiger partial charge is 0.273 e. The lowest BCUT2D eigenvalue weighted by molar-refractivity contribution is -0.116. The zero-order valence-electron chi connectivity index (χ0n) is 15.5. The summed E-state index contributed by atoms with van der Waals surface area (Å²) in [7, 11) is 0. The van der Waals surface area contributed by atoms with Crippen molar-refractivity contribution >= 4 is 17.5 Å². The monoisotopic (exact) mass is 346 g/mol. The average Bonchev–Trinajstić information content (AvgIpc) is 3.07. The van der Waals surface area contributed by atoms with Gasteiger partial charge in [0, 0.05) is 25.0 Å². The number of carbonyl (C=O) groups is 2. The number of aromatic nitrogens is 4. The molecule has 8 heteroatoms. The van der Waals surface area contributed by atoms with Gasteiger partial charge in [-0.05, 0) is 32.8 Å². The Morgan fingerprint density at radius 3 is 2.52 bits per heavy atom. The summed E-state index contributed by atoms with van der Waals surface area (Å²) in [5.74, 6) is -0.205. The van der Waals surface area contributed by atoms with E-state index >= 15 is 0 Å². The van der Waals surface area contributed by atoms with Crippen LogP contribution in [0.1, 0.15) is 42.6 Å². The Morgan fingerprint density at radius 2 is 1.96 bits per heavy atom. The van der Waals surface area contributed by atoms with Gasteiger partial charge in [0.15, 0.2) is 5.69 Å². The second-order valence-electron chi connectivity index (χ2n) is 6.48. The first-order chi connectivity index (χ1) is 11.8. The van der Waals surface area contributed by atoms with E-state index in [1.54, 1.807) is 15.6 Å². The third-order valence-electron chi connectivity index (χ3n) is 3.64. The fraction of sp³-hybridized carbons (Fsp3) is 0.529. The highest BCUT2D eigenvalue weighted by Gasteiger charge is 2.19. The highest BCUT2D eigenvalue weighted by molar-refractivity contribution is 6.02. The number of hydrogen-bond acceptors (Lipinski definition) is 4. The fourth-order valence-corrected chi connectivity index (χ4v) is 2.38. The first kappa shape index (κ1) is 18.7. The van der Waals surface area contributed by atoms with E-state index in [-0.39, 0.29) is 24.1 Å². The summed E-state index contributed by atoms with van der Waals surface area (Å²) in [5, 5.41) is 14.1. The van der Waals surface area contributed by atoms with Crippen molar-refractivity contribution in [2.45, 2.75) is 47.7 Å². The zero-order valence-corrected chi connectivity index (χ0v) is 15.5. The predicted molar refractivity (Wildman–Crippen MR) is 95.4 cm³/mol. The Kier molecular flexibility index (Phi) is 5.95. The quantitative estimate of drug-likeness (QED) is 0.798. The molecule has 2 aromatic rings. The van der Waals surface area contributed by atoms with Crippen molar-refractivity contribution in [3.63, 3.8) is 0 Å². The number of nitrogens with zero attached hydrogens (tertiary/aromatic N) is 4. The first-order valence-corrected chi connectivity index (χ1v) is 8.46. The van der Waals surface area contributed by atoms with E-state index in [1.807, 2.05) is 40.7 Å². The van der Waals surface area contributed by atoms with Crippen LogP contribution in [0.5, 0.6) is 0 Å². The molecule has 0 spiro atoms. The first-order valence-electron chi connectivity index (χ1n) is 8.46. The van der Waals surface area contributed by atoms with Crippen LogP contribution in [0.15, 0.2) is 12.3 Å².